The van der Waals surface area contributed by atoms with Crippen LogP contribution in [-0.4, -0.2) is 36.9 Å². The topological polar surface area (TPSA) is 98.7 Å². The number of nitrogens with zero attached hydrogens (tertiary/aromatic N) is 5. The van der Waals surface area contributed by atoms with Gasteiger partial charge in [-0.15, -0.1) is 0 Å². The molecule has 0 spiro atoms. The van der Waals surface area contributed by atoms with Crippen molar-refractivity contribution < 1.29 is 9.32 Å². The van der Waals surface area contributed by atoms with E-state index in [1.807, 2.05) is 19.1 Å². The molecule has 0 radical (unpaired) electrons. The SMILES string of the molecule is CCCc1noc(-c2ccc(-n3ncc(C(=O)NC4CCCCCC4)c3C)nc2)n1. The Balaban J connectivity index is 1.48. The van der Waals surface area contributed by atoms with Gasteiger partial charge in [0, 0.05) is 18.7 Å². The van der Waals surface area contributed by atoms with Gasteiger partial charge in [-0.3, -0.25) is 4.79 Å². The van der Waals surface area contributed by atoms with E-state index in [-0.39, 0.29) is 11.9 Å². The lowest BCUT2D eigenvalue weighted by molar-refractivity contribution is 0.0932. The van der Waals surface area contributed by atoms with E-state index in [0.29, 0.717) is 23.1 Å². The highest BCUT2D eigenvalue weighted by Crippen LogP contribution is 2.20. The average molecular weight is 409 g/mol. The first-order valence-electron chi connectivity index (χ1n) is 10.8. The zero-order valence-electron chi connectivity index (χ0n) is 17.6. The summed E-state index contributed by atoms with van der Waals surface area (Å²) in [6.45, 7) is 3.96. The van der Waals surface area contributed by atoms with Crippen molar-refractivity contribution in [2.75, 3.05) is 0 Å². The van der Waals surface area contributed by atoms with Crippen LogP contribution in [-0.2, 0) is 6.42 Å². The Labute approximate surface area is 176 Å². The Hall–Kier alpha value is -3.03. The Kier molecular flexibility index (Phi) is 6.21. The zero-order valence-corrected chi connectivity index (χ0v) is 17.6. The fourth-order valence-corrected chi connectivity index (χ4v) is 3.88. The molecule has 3 aromatic heterocycles. The van der Waals surface area contributed by atoms with Crippen LogP contribution in [0.5, 0.6) is 0 Å². The van der Waals surface area contributed by atoms with Crippen LogP contribution < -0.4 is 5.32 Å². The van der Waals surface area contributed by atoms with Crippen molar-refractivity contribution in [1.29, 1.82) is 0 Å². The Morgan fingerprint density at radius 1 is 1.20 bits per heavy atom. The summed E-state index contributed by atoms with van der Waals surface area (Å²) in [6.07, 6.45) is 12.0. The first kappa shape index (κ1) is 20.3. The molecule has 1 N–H and O–H groups in total. The third kappa shape index (κ3) is 4.42. The first-order chi connectivity index (χ1) is 14.7. The van der Waals surface area contributed by atoms with Crippen molar-refractivity contribution in [3.05, 3.63) is 41.6 Å². The molecule has 8 nitrogen and oxygen atoms in total. The molecule has 0 atom stereocenters. The number of aryl methyl sites for hydroxylation is 1. The van der Waals surface area contributed by atoms with E-state index >= 15 is 0 Å². The van der Waals surface area contributed by atoms with Gasteiger partial charge in [-0.25, -0.2) is 9.67 Å². The Morgan fingerprint density at radius 3 is 2.70 bits per heavy atom. The molecule has 3 heterocycles. The van der Waals surface area contributed by atoms with Gasteiger partial charge in [-0.05, 0) is 38.3 Å². The third-order valence-corrected chi connectivity index (χ3v) is 5.60. The van der Waals surface area contributed by atoms with Gasteiger partial charge in [0.15, 0.2) is 11.6 Å². The summed E-state index contributed by atoms with van der Waals surface area (Å²) in [5, 5.41) is 11.6. The van der Waals surface area contributed by atoms with Crippen molar-refractivity contribution in [3.8, 4) is 17.3 Å². The first-order valence-corrected chi connectivity index (χ1v) is 10.8. The van der Waals surface area contributed by atoms with E-state index in [1.54, 1.807) is 17.1 Å². The highest BCUT2D eigenvalue weighted by molar-refractivity contribution is 5.95. The number of hydrogen-bond donors (Lipinski definition) is 1. The van der Waals surface area contributed by atoms with Gasteiger partial charge >= 0.3 is 0 Å². The molecule has 158 valence electrons. The molecule has 3 aromatic rings. The van der Waals surface area contributed by atoms with Crippen molar-refractivity contribution >= 4 is 5.91 Å². The molecular formula is C22H28N6O2. The number of hydrogen-bond acceptors (Lipinski definition) is 6. The molecule has 1 aliphatic rings. The zero-order chi connectivity index (χ0) is 20.9. The quantitative estimate of drug-likeness (QED) is 0.618. The maximum Gasteiger partial charge on any atom is 0.259 e. The molecule has 1 amide bonds. The van der Waals surface area contributed by atoms with Crippen molar-refractivity contribution in [2.24, 2.45) is 0 Å². The van der Waals surface area contributed by atoms with E-state index in [1.165, 1.54) is 25.7 Å². The fourth-order valence-electron chi connectivity index (χ4n) is 3.88. The fraction of sp³-hybridized carbons (Fsp3) is 0.500. The summed E-state index contributed by atoms with van der Waals surface area (Å²) in [5.74, 6) is 1.73. The minimum Gasteiger partial charge on any atom is -0.349 e. The van der Waals surface area contributed by atoms with E-state index in [9.17, 15) is 4.79 Å². The van der Waals surface area contributed by atoms with Gasteiger partial charge in [0.2, 0.25) is 0 Å². The molecule has 0 bridgehead atoms. The molecule has 0 aromatic carbocycles. The number of carbonyl (C=O) groups is 1. The summed E-state index contributed by atoms with van der Waals surface area (Å²) in [4.78, 5) is 21.6. The molecule has 8 heteroatoms. The molecule has 4 rings (SSSR count). The summed E-state index contributed by atoms with van der Waals surface area (Å²) in [7, 11) is 0. The smallest absolute Gasteiger partial charge is 0.259 e. The van der Waals surface area contributed by atoms with Crippen LogP contribution in [0, 0.1) is 6.92 Å². The summed E-state index contributed by atoms with van der Waals surface area (Å²) in [6, 6.07) is 3.97. The standard InChI is InChI=1S/C22H28N6O2/c1-3-8-19-26-22(30-27-19)16-11-12-20(23-13-16)28-15(2)18(14-24-28)21(29)25-17-9-6-4-5-7-10-17/h11-14,17H,3-10H2,1-2H3,(H,25,29). The number of carbonyl (C=O) groups excluding carboxylic acids is 1. The van der Waals surface area contributed by atoms with Gasteiger partial charge in [-0.1, -0.05) is 37.8 Å². The van der Waals surface area contributed by atoms with E-state index in [4.69, 9.17) is 4.52 Å². The molecule has 0 unspecified atom stereocenters. The maximum atomic E-state index is 12.8. The summed E-state index contributed by atoms with van der Waals surface area (Å²) < 4.78 is 7.00. The lowest BCUT2D eigenvalue weighted by atomic mass is 10.1. The van der Waals surface area contributed by atoms with E-state index in [0.717, 1.165) is 36.9 Å². The summed E-state index contributed by atoms with van der Waals surface area (Å²) >= 11 is 0. The van der Waals surface area contributed by atoms with Gasteiger partial charge < -0.3 is 9.84 Å². The van der Waals surface area contributed by atoms with Gasteiger partial charge in [0.05, 0.1) is 23.0 Å². The molecule has 0 saturated heterocycles. The van der Waals surface area contributed by atoms with Crippen LogP contribution in [0.2, 0.25) is 0 Å². The molecular weight excluding hydrogens is 380 g/mol. The predicted molar refractivity (Wildman–Crippen MR) is 112 cm³/mol. The second kappa shape index (κ2) is 9.19. The van der Waals surface area contributed by atoms with Crippen molar-refractivity contribution in [2.45, 2.75) is 71.3 Å². The number of amides is 1. The van der Waals surface area contributed by atoms with Gasteiger partial charge in [0.1, 0.15) is 0 Å². The van der Waals surface area contributed by atoms with Crippen LogP contribution >= 0.6 is 0 Å². The molecule has 1 aliphatic carbocycles. The second-order valence-electron chi connectivity index (χ2n) is 7.89. The molecule has 0 aliphatic heterocycles. The van der Waals surface area contributed by atoms with Gasteiger partial charge in [-0.2, -0.15) is 10.1 Å². The lowest BCUT2D eigenvalue weighted by Crippen LogP contribution is -2.34. The van der Waals surface area contributed by atoms with Crippen LogP contribution in [0.25, 0.3) is 17.3 Å². The van der Waals surface area contributed by atoms with E-state index in [2.05, 4.69) is 32.5 Å². The molecule has 30 heavy (non-hydrogen) atoms. The number of rotatable bonds is 6. The van der Waals surface area contributed by atoms with Gasteiger partial charge in [0.25, 0.3) is 11.8 Å². The van der Waals surface area contributed by atoms with Crippen molar-refractivity contribution in [3.63, 3.8) is 0 Å². The minimum absolute atomic E-state index is 0.0587. The summed E-state index contributed by atoms with van der Waals surface area (Å²) in [5.41, 5.74) is 2.11. The second-order valence-corrected chi connectivity index (χ2v) is 7.89. The average Bonchev–Trinajstić information content (AvgIpc) is 3.29. The van der Waals surface area contributed by atoms with Crippen LogP contribution in [0.3, 0.4) is 0 Å². The Bertz CT molecular complexity index is 983. The number of aromatic nitrogens is 5. The van der Waals surface area contributed by atoms with Crippen LogP contribution in [0.1, 0.15) is 73.7 Å². The number of pyridine rings is 1. The van der Waals surface area contributed by atoms with Crippen molar-refractivity contribution in [1.82, 2.24) is 30.2 Å². The van der Waals surface area contributed by atoms with Crippen LogP contribution in [0.4, 0.5) is 0 Å². The highest BCUT2D eigenvalue weighted by atomic mass is 16.5. The number of nitrogens with one attached hydrogen (secondary N) is 1. The third-order valence-electron chi connectivity index (χ3n) is 5.60. The minimum atomic E-state index is -0.0587. The molecule has 1 saturated carbocycles. The largest absolute Gasteiger partial charge is 0.349 e. The highest BCUT2D eigenvalue weighted by Gasteiger charge is 2.20. The molecule has 1 fully saturated rings. The monoisotopic (exact) mass is 408 g/mol. The maximum absolute atomic E-state index is 12.8. The van der Waals surface area contributed by atoms with Crippen LogP contribution in [0.15, 0.2) is 29.0 Å². The predicted octanol–water partition coefficient (Wildman–Crippen LogP) is 4.03. The Morgan fingerprint density at radius 2 is 2.00 bits per heavy atom. The normalized spacial score (nSPS) is 15.1. The lowest BCUT2D eigenvalue weighted by Gasteiger charge is -2.16. The van der Waals surface area contributed by atoms with E-state index < -0.39 is 0 Å².